The molecule has 1 aliphatic carbocycles. The zero-order chi connectivity index (χ0) is 30.4. The molecule has 214 valence electrons. The van der Waals surface area contributed by atoms with Crippen LogP contribution in [-0.4, -0.2) is 23.5 Å². The summed E-state index contributed by atoms with van der Waals surface area (Å²) in [5, 5.41) is 1.44. The summed E-state index contributed by atoms with van der Waals surface area (Å²) in [6, 6.07) is 32.0. The predicted octanol–water partition coefficient (Wildman–Crippen LogP) is 5.99. The standard InChI is InChI=1S/C35H21O8P/c36-30-20-31(37)28-17-22(11-14-26(28)30)42-32-16-13-23(41-21-12-15-27-29(18-21)35(39)43-34(27)38)19-33(32)44(40,24-7-3-1-4-8-24)25-9-5-2-6-10-25/h1-19H,20H2. The van der Waals surface area contributed by atoms with Crippen LogP contribution in [0.25, 0.3) is 0 Å². The number of hydrogen-bond donors (Lipinski definition) is 0. The first-order chi connectivity index (χ1) is 21.3. The summed E-state index contributed by atoms with van der Waals surface area (Å²) in [6.07, 6.45) is -0.179. The number of Topliss-reactive ketones (excluding diaryl/α,β-unsaturated/α-hetero) is 2. The second-order valence-electron chi connectivity index (χ2n) is 10.2. The molecule has 0 spiro atoms. The van der Waals surface area contributed by atoms with Crippen LogP contribution in [0.1, 0.15) is 47.9 Å². The van der Waals surface area contributed by atoms with Crippen LogP contribution in [-0.2, 0) is 9.30 Å². The molecule has 0 saturated carbocycles. The Morgan fingerprint density at radius 2 is 1.05 bits per heavy atom. The van der Waals surface area contributed by atoms with E-state index in [1.807, 2.05) is 12.1 Å². The molecular formula is C35H21O8P. The number of hydrogen-bond acceptors (Lipinski definition) is 8. The number of ether oxygens (including phenoxy) is 3. The molecule has 0 atom stereocenters. The Balaban J connectivity index is 1.37. The van der Waals surface area contributed by atoms with Crippen LogP contribution in [0.4, 0.5) is 0 Å². The highest BCUT2D eigenvalue weighted by Crippen LogP contribution is 2.47. The Kier molecular flexibility index (Phi) is 6.56. The van der Waals surface area contributed by atoms with Crippen LogP contribution in [0.2, 0.25) is 0 Å². The highest BCUT2D eigenvalue weighted by molar-refractivity contribution is 7.85. The van der Waals surface area contributed by atoms with Crippen LogP contribution >= 0.6 is 7.14 Å². The number of carbonyl (C=O) groups is 4. The molecule has 0 bridgehead atoms. The van der Waals surface area contributed by atoms with Crippen molar-refractivity contribution in [1.82, 2.24) is 0 Å². The Morgan fingerprint density at radius 3 is 1.73 bits per heavy atom. The Bertz CT molecular complexity index is 2020. The molecule has 0 radical (unpaired) electrons. The molecule has 5 aromatic rings. The lowest BCUT2D eigenvalue weighted by Gasteiger charge is -2.23. The Morgan fingerprint density at radius 1 is 0.523 bits per heavy atom. The molecule has 1 aliphatic heterocycles. The number of benzene rings is 5. The fraction of sp³-hybridized carbons (Fsp3) is 0.0286. The van der Waals surface area contributed by atoms with E-state index in [0.29, 0.717) is 33.0 Å². The van der Waals surface area contributed by atoms with Crippen LogP contribution in [0.15, 0.2) is 115 Å². The minimum Gasteiger partial charge on any atom is -0.457 e. The van der Waals surface area contributed by atoms with Crippen molar-refractivity contribution < 1.29 is 38.0 Å². The molecule has 0 fully saturated rings. The number of rotatable bonds is 7. The molecule has 5 aromatic carbocycles. The molecular weight excluding hydrogens is 579 g/mol. The molecule has 0 saturated heterocycles. The van der Waals surface area contributed by atoms with Gasteiger partial charge in [-0.15, -0.1) is 0 Å². The third-order valence-corrected chi connectivity index (χ3v) is 10.6. The first kappa shape index (κ1) is 27.3. The van der Waals surface area contributed by atoms with Gasteiger partial charge >= 0.3 is 11.9 Å². The zero-order valence-corrected chi connectivity index (χ0v) is 23.8. The Hall–Kier alpha value is -5.59. The highest BCUT2D eigenvalue weighted by atomic mass is 31.2. The predicted molar refractivity (Wildman–Crippen MR) is 162 cm³/mol. The fourth-order valence-electron chi connectivity index (χ4n) is 5.38. The summed E-state index contributed by atoms with van der Waals surface area (Å²) in [7, 11) is -3.60. The first-order valence-electron chi connectivity index (χ1n) is 13.6. The summed E-state index contributed by atoms with van der Waals surface area (Å²) < 4.78 is 32.5. The summed E-state index contributed by atoms with van der Waals surface area (Å²) in [5.74, 6) is -0.863. The van der Waals surface area contributed by atoms with Crippen LogP contribution in [0.3, 0.4) is 0 Å². The second-order valence-corrected chi connectivity index (χ2v) is 13.0. The van der Waals surface area contributed by atoms with Gasteiger partial charge in [-0.05, 0) is 54.6 Å². The van der Waals surface area contributed by atoms with Gasteiger partial charge in [0.15, 0.2) is 18.7 Å². The Labute approximate surface area is 251 Å². The fourth-order valence-corrected chi connectivity index (χ4v) is 8.16. The van der Waals surface area contributed by atoms with Crippen molar-refractivity contribution in [3.63, 3.8) is 0 Å². The topological polar surface area (TPSA) is 113 Å². The van der Waals surface area contributed by atoms with Gasteiger partial charge in [-0.25, -0.2) is 9.59 Å². The van der Waals surface area contributed by atoms with E-state index in [4.69, 9.17) is 9.47 Å². The summed E-state index contributed by atoms with van der Waals surface area (Å²) in [4.78, 5) is 48.6. The molecule has 0 N–H and O–H groups in total. The number of fused-ring (bicyclic) bond motifs is 2. The van der Waals surface area contributed by atoms with Crippen LogP contribution in [0, 0.1) is 0 Å². The average molecular weight is 601 g/mol. The molecule has 7 rings (SSSR count). The van der Waals surface area contributed by atoms with Gasteiger partial charge in [0, 0.05) is 21.7 Å². The molecule has 0 aromatic heterocycles. The van der Waals surface area contributed by atoms with E-state index >= 15 is 4.57 Å². The van der Waals surface area contributed by atoms with E-state index in [-0.39, 0.29) is 46.2 Å². The van der Waals surface area contributed by atoms with E-state index in [9.17, 15) is 19.2 Å². The lowest BCUT2D eigenvalue weighted by Crippen LogP contribution is -2.26. The van der Waals surface area contributed by atoms with Crippen molar-refractivity contribution in [3.8, 4) is 23.0 Å². The van der Waals surface area contributed by atoms with Gasteiger partial charge in [-0.3, -0.25) is 9.59 Å². The van der Waals surface area contributed by atoms with E-state index in [1.54, 1.807) is 84.9 Å². The summed E-state index contributed by atoms with van der Waals surface area (Å²) >= 11 is 0. The number of ketones is 2. The van der Waals surface area contributed by atoms with Crippen LogP contribution in [0.5, 0.6) is 23.0 Å². The molecule has 9 heteroatoms. The zero-order valence-electron chi connectivity index (χ0n) is 22.9. The van der Waals surface area contributed by atoms with Gasteiger partial charge in [-0.1, -0.05) is 60.7 Å². The largest absolute Gasteiger partial charge is 0.457 e. The first-order valence-corrected chi connectivity index (χ1v) is 15.3. The van der Waals surface area contributed by atoms with E-state index < -0.39 is 19.1 Å². The van der Waals surface area contributed by atoms with Gasteiger partial charge in [0.1, 0.15) is 23.0 Å². The van der Waals surface area contributed by atoms with Crippen molar-refractivity contribution in [2.75, 3.05) is 0 Å². The smallest absolute Gasteiger partial charge is 0.347 e. The van der Waals surface area contributed by atoms with Crippen molar-refractivity contribution in [2.24, 2.45) is 0 Å². The third kappa shape index (κ3) is 4.62. The minimum atomic E-state index is -3.60. The van der Waals surface area contributed by atoms with Gasteiger partial charge in [0.2, 0.25) is 0 Å². The maximum absolute atomic E-state index is 15.4. The molecule has 0 unspecified atom stereocenters. The normalized spacial score (nSPS) is 13.8. The van der Waals surface area contributed by atoms with Crippen molar-refractivity contribution in [3.05, 3.63) is 138 Å². The number of esters is 2. The lowest BCUT2D eigenvalue weighted by atomic mass is 10.1. The maximum atomic E-state index is 15.4. The minimum absolute atomic E-state index is 0.0940. The average Bonchev–Trinajstić information content (AvgIpc) is 3.50. The monoisotopic (exact) mass is 600 g/mol. The lowest BCUT2D eigenvalue weighted by molar-refractivity contribution is 0.0443. The second kappa shape index (κ2) is 10.6. The van der Waals surface area contributed by atoms with Crippen molar-refractivity contribution >= 4 is 46.6 Å². The molecule has 1 heterocycles. The van der Waals surface area contributed by atoms with Crippen molar-refractivity contribution in [1.29, 1.82) is 0 Å². The molecule has 44 heavy (non-hydrogen) atoms. The maximum Gasteiger partial charge on any atom is 0.347 e. The van der Waals surface area contributed by atoms with Gasteiger partial charge < -0.3 is 18.8 Å². The van der Waals surface area contributed by atoms with Gasteiger partial charge in [-0.2, -0.15) is 0 Å². The van der Waals surface area contributed by atoms with Crippen LogP contribution < -0.4 is 25.4 Å². The van der Waals surface area contributed by atoms with E-state index in [0.717, 1.165) is 0 Å². The molecule has 8 nitrogen and oxygen atoms in total. The quantitative estimate of drug-likeness (QED) is 0.127. The van der Waals surface area contributed by atoms with E-state index in [2.05, 4.69) is 4.74 Å². The van der Waals surface area contributed by atoms with Crippen molar-refractivity contribution in [2.45, 2.75) is 6.42 Å². The summed E-state index contributed by atoms with van der Waals surface area (Å²) in [5.41, 5.74) is 0.887. The number of carbonyl (C=O) groups excluding carboxylic acids is 4. The van der Waals surface area contributed by atoms with Gasteiger partial charge in [0.05, 0.1) is 22.9 Å². The number of cyclic esters (lactones) is 2. The highest BCUT2D eigenvalue weighted by Gasteiger charge is 2.35. The SMILES string of the molecule is O=C1CC(=O)c2cc(Oc3ccc(Oc4ccc5c(c4)C(=O)OC5=O)cc3P(=O)(c3ccccc3)c3ccccc3)ccc21. The summed E-state index contributed by atoms with van der Waals surface area (Å²) in [6.45, 7) is 0. The third-order valence-electron chi connectivity index (χ3n) is 7.50. The molecule has 0 amide bonds. The van der Waals surface area contributed by atoms with Gasteiger partial charge in [0.25, 0.3) is 0 Å². The molecule has 2 aliphatic rings. The van der Waals surface area contributed by atoms with E-state index in [1.165, 1.54) is 18.2 Å².